The van der Waals surface area contributed by atoms with E-state index in [0.29, 0.717) is 5.32 Å². The van der Waals surface area contributed by atoms with Gasteiger partial charge in [0, 0.05) is 12.6 Å². The highest BCUT2D eigenvalue weighted by molar-refractivity contribution is 5.84. The standard InChI is InChI=1S/C10H6F15NO2.C3H4O2/c11-4(12,3(28)26-1-2-27)5(13,14)6(15,16)7(17,18)8(19,20)9(21,22)10(23,24)25;1-2-3(4)5/h27H,1-2H2,(H,26,28);2H,1H2,(H,4,5). The topological polar surface area (TPSA) is 86.6 Å². The lowest BCUT2D eigenvalue weighted by Gasteiger charge is -2.41. The van der Waals surface area contributed by atoms with Gasteiger partial charge in [-0.05, 0) is 0 Å². The second kappa shape index (κ2) is 9.84. The molecule has 0 bridgehead atoms. The molecular weight excluding hydrogens is 519 g/mol. The Morgan fingerprint density at radius 3 is 1.27 bits per heavy atom. The van der Waals surface area contributed by atoms with E-state index in [9.17, 15) is 75.4 Å². The van der Waals surface area contributed by atoms with E-state index in [1.165, 1.54) is 0 Å². The minimum atomic E-state index is -8.44. The quantitative estimate of drug-likeness (QED) is 0.314. The van der Waals surface area contributed by atoms with E-state index in [-0.39, 0.29) is 0 Å². The summed E-state index contributed by atoms with van der Waals surface area (Å²) in [6.07, 6.45) is -6.85. The number of alkyl halides is 15. The van der Waals surface area contributed by atoms with Crippen LogP contribution in [0.4, 0.5) is 65.9 Å². The molecule has 0 aromatic rings. The molecule has 0 saturated carbocycles. The zero-order valence-electron chi connectivity index (χ0n) is 15.1. The molecule has 0 aliphatic rings. The van der Waals surface area contributed by atoms with Crippen LogP contribution in [0.15, 0.2) is 12.7 Å². The number of carbonyl (C=O) groups excluding carboxylic acids is 1. The van der Waals surface area contributed by atoms with Crippen LogP contribution < -0.4 is 5.32 Å². The number of carboxylic acids is 1. The highest BCUT2D eigenvalue weighted by atomic mass is 19.4. The third-order valence-corrected chi connectivity index (χ3v) is 3.18. The van der Waals surface area contributed by atoms with E-state index in [1.54, 1.807) is 0 Å². The fourth-order valence-corrected chi connectivity index (χ4v) is 1.39. The first-order valence-electron chi connectivity index (χ1n) is 7.33. The third-order valence-electron chi connectivity index (χ3n) is 3.18. The molecule has 3 N–H and O–H groups in total. The number of halogens is 15. The largest absolute Gasteiger partial charge is 0.478 e. The average Bonchev–Trinajstić information content (AvgIpc) is 2.64. The van der Waals surface area contributed by atoms with Crippen LogP contribution in [0.3, 0.4) is 0 Å². The maximum atomic E-state index is 13.2. The number of nitrogens with one attached hydrogen (secondary N) is 1. The summed E-state index contributed by atoms with van der Waals surface area (Å²) in [7, 11) is 0. The van der Waals surface area contributed by atoms with E-state index in [0.717, 1.165) is 6.08 Å². The molecule has 0 aliphatic heterocycles. The molecule has 0 rings (SSSR count). The molecule has 0 atom stereocenters. The SMILES string of the molecule is C=CC(=O)O.O=C(NCCO)C(F)(F)C(F)(F)C(F)(F)C(F)(F)C(F)(F)C(F)(F)C(F)(F)F. The molecule has 1 amide bonds. The number of rotatable bonds is 9. The van der Waals surface area contributed by atoms with Gasteiger partial charge in [0.25, 0.3) is 5.91 Å². The Hall–Kier alpha value is -2.41. The lowest BCUT2D eigenvalue weighted by atomic mass is 9.91. The molecule has 0 unspecified atom stereocenters. The van der Waals surface area contributed by atoms with Gasteiger partial charge in [0.1, 0.15) is 0 Å². The van der Waals surface area contributed by atoms with Gasteiger partial charge in [0.15, 0.2) is 0 Å². The van der Waals surface area contributed by atoms with Crippen LogP contribution in [-0.4, -0.2) is 77.0 Å². The summed E-state index contributed by atoms with van der Waals surface area (Å²) >= 11 is 0. The number of aliphatic hydroxyl groups is 1. The molecule has 0 aromatic heterocycles. The highest BCUT2D eigenvalue weighted by Gasteiger charge is 2.94. The van der Waals surface area contributed by atoms with Crippen LogP contribution in [0.5, 0.6) is 0 Å². The van der Waals surface area contributed by atoms with Crippen molar-refractivity contribution in [2.24, 2.45) is 0 Å². The van der Waals surface area contributed by atoms with Gasteiger partial charge in [-0.1, -0.05) is 6.58 Å². The second-order valence-corrected chi connectivity index (χ2v) is 5.47. The summed E-state index contributed by atoms with van der Waals surface area (Å²) < 4.78 is 191. The molecular formula is C13H10F15NO4. The van der Waals surface area contributed by atoms with Crippen molar-refractivity contribution in [3.05, 3.63) is 12.7 Å². The van der Waals surface area contributed by atoms with Crippen LogP contribution in [0.25, 0.3) is 0 Å². The maximum Gasteiger partial charge on any atom is 0.460 e. The molecule has 20 heteroatoms. The van der Waals surface area contributed by atoms with Gasteiger partial charge in [0.05, 0.1) is 6.61 Å². The number of aliphatic hydroxyl groups excluding tert-OH is 1. The Labute approximate surface area is 171 Å². The number of carboxylic acid groups (broad SMARTS) is 1. The molecule has 0 aliphatic carbocycles. The smallest absolute Gasteiger partial charge is 0.460 e. The van der Waals surface area contributed by atoms with E-state index in [4.69, 9.17) is 10.2 Å². The van der Waals surface area contributed by atoms with Gasteiger partial charge in [0.2, 0.25) is 0 Å². The van der Waals surface area contributed by atoms with E-state index < -0.39 is 66.7 Å². The Morgan fingerprint density at radius 2 is 1.00 bits per heavy atom. The van der Waals surface area contributed by atoms with Crippen molar-refractivity contribution >= 4 is 11.9 Å². The fraction of sp³-hybridized carbons (Fsp3) is 0.692. The lowest BCUT2D eigenvalue weighted by molar-refractivity contribution is -0.449. The Bertz CT molecular complexity index is 717. The molecule has 0 aromatic carbocycles. The van der Waals surface area contributed by atoms with Crippen molar-refractivity contribution in [1.82, 2.24) is 5.32 Å². The van der Waals surface area contributed by atoms with Gasteiger partial charge in [-0.2, -0.15) is 65.9 Å². The van der Waals surface area contributed by atoms with Crippen molar-refractivity contribution in [3.8, 4) is 0 Å². The van der Waals surface area contributed by atoms with E-state index in [1.807, 2.05) is 0 Å². The predicted octanol–water partition coefficient (Wildman–Crippen LogP) is 3.73. The first kappa shape index (κ1) is 32.8. The van der Waals surface area contributed by atoms with Crippen molar-refractivity contribution in [1.29, 1.82) is 0 Å². The van der Waals surface area contributed by atoms with Gasteiger partial charge in [-0.3, -0.25) is 4.79 Å². The predicted molar refractivity (Wildman–Crippen MR) is 73.7 cm³/mol. The Balaban J connectivity index is 0. The van der Waals surface area contributed by atoms with Gasteiger partial charge < -0.3 is 15.5 Å². The Kier molecular flexibility index (Phi) is 9.77. The van der Waals surface area contributed by atoms with Crippen LogP contribution in [0.2, 0.25) is 0 Å². The Morgan fingerprint density at radius 1 is 0.697 bits per heavy atom. The van der Waals surface area contributed by atoms with Crippen molar-refractivity contribution in [2.75, 3.05) is 13.2 Å². The molecule has 0 heterocycles. The molecule has 0 spiro atoms. The molecule has 196 valence electrons. The number of aliphatic carboxylic acids is 1. The average molecular weight is 529 g/mol. The maximum absolute atomic E-state index is 13.2. The first-order chi connectivity index (χ1) is 14.3. The molecule has 0 saturated heterocycles. The zero-order valence-corrected chi connectivity index (χ0v) is 15.1. The van der Waals surface area contributed by atoms with Crippen LogP contribution in [0, 0.1) is 0 Å². The summed E-state index contributed by atoms with van der Waals surface area (Å²) in [6.45, 7) is 0.299. The third kappa shape index (κ3) is 5.57. The molecule has 0 fully saturated rings. The first-order valence-corrected chi connectivity index (χ1v) is 7.33. The number of hydrogen-bond donors (Lipinski definition) is 3. The van der Waals surface area contributed by atoms with Crippen LogP contribution in [0.1, 0.15) is 0 Å². The van der Waals surface area contributed by atoms with Crippen molar-refractivity contribution < 1.29 is 85.7 Å². The monoisotopic (exact) mass is 529 g/mol. The van der Waals surface area contributed by atoms with Gasteiger partial charge >= 0.3 is 47.7 Å². The number of carbonyl (C=O) groups is 2. The van der Waals surface area contributed by atoms with Crippen LogP contribution >= 0.6 is 0 Å². The van der Waals surface area contributed by atoms with Crippen molar-refractivity contribution in [3.63, 3.8) is 0 Å². The van der Waals surface area contributed by atoms with Gasteiger partial charge in [-0.15, -0.1) is 0 Å². The summed E-state index contributed by atoms with van der Waals surface area (Å²) in [4.78, 5) is 20.0. The van der Waals surface area contributed by atoms with Crippen molar-refractivity contribution in [2.45, 2.75) is 41.7 Å². The minimum absolute atomic E-state index is 0.583. The summed E-state index contributed by atoms with van der Waals surface area (Å²) in [5.41, 5.74) is 0. The highest BCUT2D eigenvalue weighted by Crippen LogP contribution is 2.62. The van der Waals surface area contributed by atoms with Gasteiger partial charge in [-0.25, -0.2) is 4.79 Å². The lowest BCUT2D eigenvalue weighted by Crippen LogP contribution is -2.74. The molecule has 33 heavy (non-hydrogen) atoms. The van der Waals surface area contributed by atoms with E-state index >= 15 is 0 Å². The fourth-order valence-electron chi connectivity index (χ4n) is 1.39. The van der Waals surface area contributed by atoms with E-state index in [2.05, 4.69) is 6.58 Å². The number of amides is 1. The molecule has 0 radical (unpaired) electrons. The second-order valence-electron chi connectivity index (χ2n) is 5.47. The summed E-state index contributed by atoms with van der Waals surface area (Å²) in [5.74, 6) is -52.6. The summed E-state index contributed by atoms with van der Waals surface area (Å²) in [6, 6.07) is 0. The zero-order chi connectivity index (χ0) is 27.5. The van der Waals surface area contributed by atoms with Crippen LogP contribution in [-0.2, 0) is 9.59 Å². The summed E-state index contributed by atoms with van der Waals surface area (Å²) in [5, 5.41) is 16.3. The normalized spacial score (nSPS) is 14.2. The minimum Gasteiger partial charge on any atom is -0.478 e. The number of hydrogen-bond acceptors (Lipinski definition) is 3. The molecule has 5 nitrogen and oxygen atoms in total.